The first kappa shape index (κ1) is 16.1. The molecule has 116 valence electrons. The zero-order chi connectivity index (χ0) is 15.2. The van der Waals surface area contributed by atoms with E-state index in [-0.39, 0.29) is 11.8 Å². The van der Waals surface area contributed by atoms with Crippen LogP contribution in [0.25, 0.3) is 0 Å². The molecule has 0 aliphatic carbocycles. The van der Waals surface area contributed by atoms with Gasteiger partial charge in [-0.15, -0.1) is 11.8 Å². The van der Waals surface area contributed by atoms with E-state index in [4.69, 9.17) is 4.74 Å². The summed E-state index contributed by atoms with van der Waals surface area (Å²) in [5, 5.41) is 2.76. The Labute approximate surface area is 129 Å². The minimum absolute atomic E-state index is 0.174. The number of thioether (sulfide) groups is 1. The van der Waals surface area contributed by atoms with Crippen LogP contribution < -0.4 is 5.32 Å². The maximum Gasteiger partial charge on any atom is 0.321 e. The summed E-state index contributed by atoms with van der Waals surface area (Å²) in [5.41, 5.74) is 0.490. The topological polar surface area (TPSA) is 41.6 Å². The first-order valence-corrected chi connectivity index (χ1v) is 8.25. The molecule has 1 fully saturated rings. The molecule has 21 heavy (non-hydrogen) atoms. The number of ether oxygens (including phenoxy) is 1. The van der Waals surface area contributed by atoms with Crippen LogP contribution in [0.4, 0.5) is 14.9 Å². The molecule has 0 spiro atoms. The number of nitrogens with zero attached hydrogens (tertiary/aromatic N) is 1. The van der Waals surface area contributed by atoms with Gasteiger partial charge in [-0.2, -0.15) is 0 Å². The van der Waals surface area contributed by atoms with Gasteiger partial charge in [0.15, 0.2) is 0 Å². The average molecular weight is 312 g/mol. The quantitative estimate of drug-likeness (QED) is 0.866. The zero-order valence-electron chi connectivity index (χ0n) is 12.4. The SMILES string of the molecule is COC[C@@H]1CCCN(C(=O)Nc2ccc(SC)c(F)c2)C1. The van der Waals surface area contributed by atoms with Crippen LogP contribution in [-0.4, -0.2) is 44.0 Å². The number of hydrogen-bond acceptors (Lipinski definition) is 3. The maximum atomic E-state index is 13.7. The summed E-state index contributed by atoms with van der Waals surface area (Å²) >= 11 is 1.34. The molecular weight excluding hydrogens is 291 g/mol. The summed E-state index contributed by atoms with van der Waals surface area (Å²) in [6.07, 6.45) is 3.87. The number of urea groups is 1. The molecule has 4 nitrogen and oxygen atoms in total. The molecule has 1 saturated heterocycles. The molecule has 0 saturated carbocycles. The van der Waals surface area contributed by atoms with E-state index in [9.17, 15) is 9.18 Å². The van der Waals surface area contributed by atoms with Gasteiger partial charge in [0.2, 0.25) is 0 Å². The molecule has 2 amide bonds. The standard InChI is InChI=1S/C15H21FN2O2S/c1-20-10-11-4-3-7-18(9-11)15(19)17-12-5-6-14(21-2)13(16)8-12/h5-6,8,11H,3-4,7,9-10H2,1-2H3,(H,17,19)/t11-/m1/s1. The van der Waals surface area contributed by atoms with Gasteiger partial charge in [0.1, 0.15) is 5.82 Å². The average Bonchev–Trinajstić information content (AvgIpc) is 2.48. The lowest BCUT2D eigenvalue weighted by molar-refractivity contribution is 0.104. The Bertz CT molecular complexity index is 497. The molecule has 1 aromatic rings. The van der Waals surface area contributed by atoms with Gasteiger partial charge in [-0.1, -0.05) is 0 Å². The highest BCUT2D eigenvalue weighted by Crippen LogP contribution is 2.23. The molecular formula is C15H21FN2O2S. The number of piperidine rings is 1. The highest BCUT2D eigenvalue weighted by Gasteiger charge is 2.23. The molecule has 0 aromatic heterocycles. The zero-order valence-corrected chi connectivity index (χ0v) is 13.2. The van der Waals surface area contributed by atoms with Crippen molar-refractivity contribution in [3.63, 3.8) is 0 Å². The molecule has 0 bridgehead atoms. The number of methoxy groups -OCH3 is 1. The van der Waals surface area contributed by atoms with E-state index in [1.807, 2.05) is 6.26 Å². The number of likely N-dealkylation sites (tertiary alicyclic amines) is 1. The lowest BCUT2D eigenvalue weighted by atomic mass is 9.99. The summed E-state index contributed by atoms with van der Waals surface area (Å²) in [4.78, 5) is 14.6. The van der Waals surface area contributed by atoms with Crippen molar-refractivity contribution >= 4 is 23.5 Å². The lowest BCUT2D eigenvalue weighted by Gasteiger charge is -2.32. The normalized spacial score (nSPS) is 18.6. The van der Waals surface area contributed by atoms with Crippen LogP contribution in [0, 0.1) is 11.7 Å². The van der Waals surface area contributed by atoms with Crippen LogP contribution in [0.1, 0.15) is 12.8 Å². The first-order chi connectivity index (χ1) is 10.1. The Hall–Kier alpha value is -1.27. The highest BCUT2D eigenvalue weighted by molar-refractivity contribution is 7.98. The van der Waals surface area contributed by atoms with Crippen molar-refractivity contribution in [1.29, 1.82) is 0 Å². The second-order valence-electron chi connectivity index (χ2n) is 5.19. The van der Waals surface area contributed by atoms with Gasteiger partial charge in [-0.3, -0.25) is 0 Å². The van der Waals surface area contributed by atoms with Crippen molar-refractivity contribution in [2.24, 2.45) is 5.92 Å². The Balaban J connectivity index is 1.96. The van der Waals surface area contributed by atoms with Crippen LogP contribution in [0.2, 0.25) is 0 Å². The van der Waals surface area contributed by atoms with E-state index in [2.05, 4.69) is 5.32 Å². The molecule has 1 atom stereocenters. The fourth-order valence-electron chi connectivity index (χ4n) is 2.57. The second-order valence-corrected chi connectivity index (χ2v) is 6.04. The van der Waals surface area contributed by atoms with Crippen molar-refractivity contribution in [3.8, 4) is 0 Å². The predicted octanol–water partition coefficient (Wildman–Crippen LogP) is 3.44. The molecule has 1 N–H and O–H groups in total. The van der Waals surface area contributed by atoms with Gasteiger partial charge in [-0.25, -0.2) is 9.18 Å². The van der Waals surface area contributed by atoms with Crippen LogP contribution in [0.3, 0.4) is 0 Å². The fourth-order valence-corrected chi connectivity index (χ4v) is 3.03. The number of hydrogen-bond donors (Lipinski definition) is 1. The maximum absolute atomic E-state index is 13.7. The fraction of sp³-hybridized carbons (Fsp3) is 0.533. The lowest BCUT2D eigenvalue weighted by Crippen LogP contribution is -2.43. The predicted molar refractivity (Wildman–Crippen MR) is 83.4 cm³/mol. The van der Waals surface area contributed by atoms with Crippen LogP contribution >= 0.6 is 11.8 Å². The number of carbonyl (C=O) groups is 1. The van der Waals surface area contributed by atoms with Gasteiger partial charge in [-0.05, 0) is 37.3 Å². The van der Waals surface area contributed by atoms with E-state index in [1.165, 1.54) is 17.8 Å². The third kappa shape index (κ3) is 4.35. The summed E-state index contributed by atoms with van der Waals surface area (Å²) in [5.74, 6) is 0.0707. The summed E-state index contributed by atoms with van der Waals surface area (Å²) in [6.45, 7) is 2.09. The molecule has 0 radical (unpaired) electrons. The number of benzene rings is 1. The van der Waals surface area contributed by atoms with Crippen molar-refractivity contribution in [3.05, 3.63) is 24.0 Å². The number of halogens is 1. The van der Waals surface area contributed by atoms with Crippen molar-refractivity contribution < 1.29 is 13.9 Å². The van der Waals surface area contributed by atoms with Gasteiger partial charge >= 0.3 is 6.03 Å². The summed E-state index contributed by atoms with van der Waals surface area (Å²) in [6, 6.07) is 4.59. The van der Waals surface area contributed by atoms with E-state index < -0.39 is 0 Å². The van der Waals surface area contributed by atoms with Gasteiger partial charge in [0.25, 0.3) is 0 Å². The van der Waals surface area contributed by atoms with Crippen LogP contribution in [0.15, 0.2) is 23.1 Å². The number of amides is 2. The van der Waals surface area contributed by atoms with Crippen molar-refractivity contribution in [2.45, 2.75) is 17.7 Å². The summed E-state index contributed by atoms with van der Waals surface area (Å²) in [7, 11) is 1.68. The molecule has 0 unspecified atom stereocenters. The molecule has 1 aliphatic heterocycles. The Morgan fingerprint density at radius 2 is 2.38 bits per heavy atom. The number of anilines is 1. The van der Waals surface area contributed by atoms with Gasteiger partial charge in [0.05, 0.1) is 6.61 Å². The van der Waals surface area contributed by atoms with Gasteiger partial charge in [0, 0.05) is 36.7 Å². The number of carbonyl (C=O) groups excluding carboxylic acids is 1. The molecule has 1 aromatic carbocycles. The smallest absolute Gasteiger partial charge is 0.321 e. The third-order valence-corrected chi connectivity index (χ3v) is 4.38. The minimum atomic E-state index is -0.309. The largest absolute Gasteiger partial charge is 0.384 e. The monoisotopic (exact) mass is 312 g/mol. The minimum Gasteiger partial charge on any atom is -0.384 e. The molecule has 6 heteroatoms. The van der Waals surface area contributed by atoms with E-state index in [1.54, 1.807) is 24.1 Å². The Morgan fingerprint density at radius 1 is 1.57 bits per heavy atom. The molecule has 1 aliphatic rings. The van der Waals surface area contributed by atoms with Crippen molar-refractivity contribution in [1.82, 2.24) is 4.90 Å². The number of nitrogens with one attached hydrogen (secondary N) is 1. The van der Waals surface area contributed by atoms with Gasteiger partial charge < -0.3 is 15.0 Å². The Morgan fingerprint density at radius 3 is 3.05 bits per heavy atom. The number of rotatable bonds is 4. The van der Waals surface area contributed by atoms with E-state index in [0.29, 0.717) is 29.7 Å². The highest BCUT2D eigenvalue weighted by atomic mass is 32.2. The Kier molecular flexibility index (Phi) is 5.87. The van der Waals surface area contributed by atoms with E-state index in [0.717, 1.165) is 19.4 Å². The second kappa shape index (κ2) is 7.66. The van der Waals surface area contributed by atoms with Crippen LogP contribution in [-0.2, 0) is 4.74 Å². The van der Waals surface area contributed by atoms with Crippen molar-refractivity contribution in [2.75, 3.05) is 38.4 Å². The van der Waals surface area contributed by atoms with E-state index >= 15 is 0 Å². The molecule has 2 rings (SSSR count). The third-order valence-electron chi connectivity index (χ3n) is 3.61. The molecule has 1 heterocycles. The van der Waals surface area contributed by atoms with Crippen LogP contribution in [0.5, 0.6) is 0 Å². The summed E-state index contributed by atoms with van der Waals surface area (Å²) < 4.78 is 18.9. The first-order valence-electron chi connectivity index (χ1n) is 7.02.